The maximum Gasteiger partial charge on any atom is 0.252 e. The van der Waals surface area contributed by atoms with Gasteiger partial charge in [-0.05, 0) is 12.1 Å². The summed E-state index contributed by atoms with van der Waals surface area (Å²) in [7, 11) is 0. The van der Waals surface area contributed by atoms with E-state index in [4.69, 9.17) is 5.73 Å². The molecule has 100 valence electrons. The lowest BCUT2D eigenvalue weighted by molar-refractivity contribution is 1.06. The number of aromatic nitrogens is 3. The van der Waals surface area contributed by atoms with Crippen LogP contribution in [-0.2, 0) is 5.75 Å². The lowest BCUT2D eigenvalue weighted by Gasteiger charge is -2.05. The Hall–Kier alpha value is -2.02. The van der Waals surface area contributed by atoms with Gasteiger partial charge in [-0.15, -0.1) is 0 Å². The zero-order chi connectivity index (χ0) is 13.5. The van der Waals surface area contributed by atoms with E-state index in [-0.39, 0.29) is 5.56 Å². The first-order valence-corrected chi connectivity index (χ1v) is 6.97. The fourth-order valence-corrected chi connectivity index (χ4v) is 2.27. The number of aromatic amines is 1. The van der Waals surface area contributed by atoms with Crippen LogP contribution in [0.1, 0.15) is 5.69 Å². The zero-order valence-electron chi connectivity index (χ0n) is 10.3. The number of thioether (sulfide) groups is 1. The van der Waals surface area contributed by atoms with E-state index in [2.05, 4.69) is 20.3 Å². The molecule has 0 amide bonds. The number of hydrogen-bond acceptors (Lipinski definition) is 6. The van der Waals surface area contributed by atoms with Crippen molar-refractivity contribution < 1.29 is 0 Å². The molecule has 0 spiro atoms. The highest BCUT2D eigenvalue weighted by Crippen LogP contribution is 2.15. The van der Waals surface area contributed by atoms with E-state index in [0.717, 1.165) is 22.9 Å². The van der Waals surface area contributed by atoms with Gasteiger partial charge < -0.3 is 11.1 Å². The molecule has 0 saturated heterocycles. The minimum atomic E-state index is -0.161. The number of nitrogen functional groups attached to an aromatic ring is 1. The van der Waals surface area contributed by atoms with Gasteiger partial charge in [-0.1, -0.05) is 0 Å². The maximum atomic E-state index is 11.0. The number of nitrogens with one attached hydrogen (secondary N) is 2. The molecule has 0 atom stereocenters. The fourth-order valence-electron chi connectivity index (χ4n) is 1.44. The maximum absolute atomic E-state index is 11.0. The van der Waals surface area contributed by atoms with Gasteiger partial charge in [0.15, 0.2) is 0 Å². The van der Waals surface area contributed by atoms with Crippen LogP contribution in [-0.4, -0.2) is 27.2 Å². The Kier molecular flexibility index (Phi) is 4.79. The largest absolute Gasteiger partial charge is 0.397 e. The van der Waals surface area contributed by atoms with E-state index in [1.807, 2.05) is 12.1 Å². The van der Waals surface area contributed by atoms with Crippen molar-refractivity contribution in [1.29, 1.82) is 0 Å². The number of pyridine rings is 1. The average Bonchev–Trinajstić information content (AvgIpc) is 2.40. The number of hydrogen-bond donors (Lipinski definition) is 3. The molecule has 4 N–H and O–H groups in total. The molecule has 2 aromatic heterocycles. The van der Waals surface area contributed by atoms with Gasteiger partial charge in [0.2, 0.25) is 5.95 Å². The Morgan fingerprint density at radius 2 is 2.21 bits per heavy atom. The third-order valence-corrected chi connectivity index (χ3v) is 3.34. The third-order valence-electron chi connectivity index (χ3n) is 2.37. The minimum absolute atomic E-state index is 0.161. The highest BCUT2D eigenvalue weighted by molar-refractivity contribution is 7.98. The van der Waals surface area contributed by atoms with Crippen molar-refractivity contribution in [3.63, 3.8) is 0 Å². The minimum Gasteiger partial charge on any atom is -0.397 e. The van der Waals surface area contributed by atoms with Gasteiger partial charge in [0.05, 0.1) is 11.4 Å². The predicted molar refractivity (Wildman–Crippen MR) is 78.2 cm³/mol. The number of H-pyrrole nitrogens is 1. The summed E-state index contributed by atoms with van der Waals surface area (Å²) in [6, 6.07) is 5.05. The average molecular weight is 277 g/mol. The summed E-state index contributed by atoms with van der Waals surface area (Å²) in [5.74, 6) is 2.13. The second kappa shape index (κ2) is 6.79. The summed E-state index contributed by atoms with van der Waals surface area (Å²) >= 11 is 1.72. The fraction of sp³-hybridized carbons (Fsp3) is 0.250. The molecule has 0 saturated carbocycles. The first-order chi connectivity index (χ1) is 9.25. The third kappa shape index (κ3) is 4.29. The van der Waals surface area contributed by atoms with Crippen LogP contribution in [0, 0.1) is 0 Å². The van der Waals surface area contributed by atoms with Crippen LogP contribution in [0.25, 0.3) is 0 Å². The molecule has 0 bridgehead atoms. The van der Waals surface area contributed by atoms with Crippen molar-refractivity contribution >= 4 is 23.4 Å². The van der Waals surface area contributed by atoms with E-state index in [9.17, 15) is 4.79 Å². The van der Waals surface area contributed by atoms with Gasteiger partial charge in [-0.2, -0.15) is 11.8 Å². The van der Waals surface area contributed by atoms with E-state index >= 15 is 0 Å². The lowest BCUT2D eigenvalue weighted by Crippen LogP contribution is -2.13. The molecule has 0 aromatic carbocycles. The number of anilines is 2. The SMILES string of the molecule is Nc1cccnc1CSCCNc1nccc(=O)[nH]1. The molecule has 0 aliphatic carbocycles. The molecular weight excluding hydrogens is 262 g/mol. The molecule has 0 radical (unpaired) electrons. The van der Waals surface area contributed by atoms with Crippen LogP contribution in [0.2, 0.25) is 0 Å². The highest BCUT2D eigenvalue weighted by atomic mass is 32.2. The standard InChI is InChI=1S/C12H15N5OS/c13-9-2-1-4-14-10(9)8-19-7-6-16-12-15-5-3-11(18)17-12/h1-5H,6-8,13H2,(H2,15,16,17,18). The van der Waals surface area contributed by atoms with E-state index in [0.29, 0.717) is 12.5 Å². The van der Waals surface area contributed by atoms with Gasteiger partial charge in [-0.25, -0.2) is 4.98 Å². The quantitative estimate of drug-likeness (QED) is 0.684. The van der Waals surface area contributed by atoms with E-state index < -0.39 is 0 Å². The molecule has 2 rings (SSSR count). The van der Waals surface area contributed by atoms with Gasteiger partial charge >= 0.3 is 0 Å². The normalized spacial score (nSPS) is 10.3. The molecule has 0 aliphatic heterocycles. The lowest BCUT2D eigenvalue weighted by atomic mass is 10.3. The molecule has 6 nitrogen and oxygen atoms in total. The molecule has 0 aliphatic rings. The predicted octanol–water partition coefficient (Wildman–Crippen LogP) is 1.09. The van der Waals surface area contributed by atoms with Crippen molar-refractivity contribution in [1.82, 2.24) is 15.0 Å². The Labute approximate surface area is 114 Å². The molecular formula is C12H15N5OS. The zero-order valence-corrected chi connectivity index (χ0v) is 11.1. The Bertz CT molecular complexity index is 586. The van der Waals surface area contributed by atoms with Crippen molar-refractivity contribution in [2.45, 2.75) is 5.75 Å². The van der Waals surface area contributed by atoms with Crippen LogP contribution in [0.5, 0.6) is 0 Å². The number of nitrogens with two attached hydrogens (primary N) is 1. The van der Waals surface area contributed by atoms with Gasteiger partial charge in [0, 0.05) is 36.5 Å². The second-order valence-corrected chi connectivity index (χ2v) is 4.91. The van der Waals surface area contributed by atoms with E-state index in [1.165, 1.54) is 12.3 Å². The summed E-state index contributed by atoms with van der Waals surface area (Å²) in [5.41, 5.74) is 7.26. The van der Waals surface area contributed by atoms with E-state index in [1.54, 1.807) is 18.0 Å². The van der Waals surface area contributed by atoms with Gasteiger partial charge in [0.1, 0.15) is 0 Å². The monoisotopic (exact) mass is 277 g/mol. The Morgan fingerprint density at radius 1 is 1.32 bits per heavy atom. The first-order valence-electron chi connectivity index (χ1n) is 5.82. The summed E-state index contributed by atoms with van der Waals surface area (Å²) in [6.45, 7) is 0.713. The second-order valence-electron chi connectivity index (χ2n) is 3.80. The molecule has 0 unspecified atom stereocenters. The van der Waals surface area contributed by atoms with Crippen LogP contribution in [0.3, 0.4) is 0 Å². The molecule has 2 aromatic rings. The number of nitrogens with zero attached hydrogens (tertiary/aromatic N) is 2. The molecule has 7 heteroatoms. The van der Waals surface area contributed by atoms with Crippen LogP contribution >= 0.6 is 11.8 Å². The Balaban J connectivity index is 1.70. The molecule has 2 heterocycles. The summed E-state index contributed by atoms with van der Waals surface area (Å²) in [6.07, 6.45) is 3.21. The topological polar surface area (TPSA) is 96.7 Å². The van der Waals surface area contributed by atoms with Gasteiger partial charge in [0.25, 0.3) is 5.56 Å². The van der Waals surface area contributed by atoms with Crippen LogP contribution in [0.4, 0.5) is 11.6 Å². The summed E-state index contributed by atoms with van der Waals surface area (Å²) < 4.78 is 0. The smallest absolute Gasteiger partial charge is 0.252 e. The van der Waals surface area contributed by atoms with Crippen LogP contribution in [0.15, 0.2) is 35.4 Å². The first kappa shape index (κ1) is 13.4. The van der Waals surface area contributed by atoms with Crippen molar-refractivity contribution in [2.24, 2.45) is 0 Å². The van der Waals surface area contributed by atoms with Gasteiger partial charge in [-0.3, -0.25) is 14.8 Å². The highest BCUT2D eigenvalue weighted by Gasteiger charge is 1.99. The van der Waals surface area contributed by atoms with Crippen molar-refractivity contribution in [3.8, 4) is 0 Å². The summed E-state index contributed by atoms with van der Waals surface area (Å²) in [5, 5.41) is 3.05. The van der Waals surface area contributed by atoms with Crippen molar-refractivity contribution in [2.75, 3.05) is 23.3 Å². The summed E-state index contributed by atoms with van der Waals surface area (Å²) in [4.78, 5) is 21.9. The Morgan fingerprint density at radius 3 is 3.00 bits per heavy atom. The number of rotatable bonds is 6. The molecule has 0 fully saturated rings. The van der Waals surface area contributed by atoms with Crippen molar-refractivity contribution in [3.05, 3.63) is 46.6 Å². The van der Waals surface area contributed by atoms with Crippen LogP contribution < -0.4 is 16.6 Å². The molecule has 19 heavy (non-hydrogen) atoms.